The Morgan fingerprint density at radius 1 is 1.33 bits per heavy atom. The van der Waals surface area contributed by atoms with Gasteiger partial charge < -0.3 is 14.8 Å². The van der Waals surface area contributed by atoms with Crippen molar-refractivity contribution in [1.29, 1.82) is 0 Å². The number of aromatic nitrogens is 1. The van der Waals surface area contributed by atoms with Crippen LogP contribution in [-0.4, -0.2) is 16.1 Å². The molecule has 0 atom stereocenters. The number of hydrogen-bond donors (Lipinski definition) is 2. The molecule has 0 aliphatic rings. The third kappa shape index (κ3) is 3.84. The number of aryl methyl sites for hydroxylation is 1. The number of carboxylic acids is 1. The lowest BCUT2D eigenvalue weighted by atomic mass is 9.97. The van der Waals surface area contributed by atoms with Gasteiger partial charge in [0.25, 0.3) is 0 Å². The molecular formula is C16H20N2O3. The highest BCUT2D eigenvalue weighted by molar-refractivity contribution is 5.89. The lowest BCUT2D eigenvalue weighted by molar-refractivity contribution is 0.0697. The molecule has 1 heterocycles. The molecule has 5 heteroatoms. The molecule has 5 nitrogen and oxygen atoms in total. The Hall–Kier alpha value is -2.30. The summed E-state index contributed by atoms with van der Waals surface area (Å²) in [5.41, 5.74) is 1.79. The van der Waals surface area contributed by atoms with Crippen molar-refractivity contribution in [2.45, 2.75) is 39.7 Å². The standard InChI is InChI=1S/C16H20N2O3/c1-10-5-11(14(19)20)7-12(6-10)17-8-13-9-18-15(21-13)16(2,3)4/h5-7,9,17H,8H2,1-4H3,(H,19,20). The number of benzene rings is 1. The Kier molecular flexibility index (Phi) is 4.02. The van der Waals surface area contributed by atoms with E-state index in [0.29, 0.717) is 12.4 Å². The van der Waals surface area contributed by atoms with Gasteiger partial charge >= 0.3 is 5.97 Å². The maximum atomic E-state index is 11.0. The molecular weight excluding hydrogens is 268 g/mol. The second kappa shape index (κ2) is 5.60. The maximum absolute atomic E-state index is 11.0. The number of nitrogens with zero attached hydrogens (tertiary/aromatic N) is 1. The molecule has 0 amide bonds. The van der Waals surface area contributed by atoms with Gasteiger partial charge in [0.05, 0.1) is 18.3 Å². The first-order valence-corrected chi connectivity index (χ1v) is 6.80. The van der Waals surface area contributed by atoms with Gasteiger partial charge in [-0.1, -0.05) is 20.8 Å². The van der Waals surface area contributed by atoms with Gasteiger partial charge in [0.1, 0.15) is 5.76 Å². The van der Waals surface area contributed by atoms with E-state index in [0.717, 1.165) is 17.0 Å². The van der Waals surface area contributed by atoms with E-state index < -0.39 is 5.97 Å². The quantitative estimate of drug-likeness (QED) is 0.899. The average molecular weight is 288 g/mol. The first kappa shape index (κ1) is 15.1. The van der Waals surface area contributed by atoms with E-state index in [1.54, 1.807) is 18.3 Å². The molecule has 2 N–H and O–H groups in total. The van der Waals surface area contributed by atoms with Gasteiger partial charge in [-0.3, -0.25) is 0 Å². The molecule has 0 aliphatic carbocycles. The first-order valence-electron chi connectivity index (χ1n) is 6.80. The van der Waals surface area contributed by atoms with Crippen LogP contribution >= 0.6 is 0 Å². The van der Waals surface area contributed by atoms with Gasteiger partial charge in [-0.25, -0.2) is 9.78 Å². The number of oxazole rings is 1. The summed E-state index contributed by atoms with van der Waals surface area (Å²) in [4.78, 5) is 15.3. The van der Waals surface area contributed by atoms with Crippen LogP contribution in [0.4, 0.5) is 5.69 Å². The van der Waals surface area contributed by atoms with Crippen LogP contribution in [0.25, 0.3) is 0 Å². The van der Waals surface area contributed by atoms with Crippen molar-refractivity contribution >= 4 is 11.7 Å². The van der Waals surface area contributed by atoms with E-state index in [4.69, 9.17) is 9.52 Å². The van der Waals surface area contributed by atoms with E-state index in [-0.39, 0.29) is 11.0 Å². The van der Waals surface area contributed by atoms with E-state index >= 15 is 0 Å². The Labute approximate surface area is 124 Å². The second-order valence-corrected chi connectivity index (χ2v) is 6.13. The summed E-state index contributed by atoms with van der Waals surface area (Å²) in [6.07, 6.45) is 1.70. The van der Waals surface area contributed by atoms with Gasteiger partial charge in [0.2, 0.25) is 0 Å². The topological polar surface area (TPSA) is 75.4 Å². The highest BCUT2D eigenvalue weighted by Gasteiger charge is 2.20. The summed E-state index contributed by atoms with van der Waals surface area (Å²) < 4.78 is 5.69. The number of hydrogen-bond acceptors (Lipinski definition) is 4. The van der Waals surface area contributed by atoms with Crippen molar-refractivity contribution in [3.05, 3.63) is 47.2 Å². The Balaban J connectivity index is 2.10. The average Bonchev–Trinajstić information content (AvgIpc) is 2.84. The molecule has 0 aliphatic heterocycles. The zero-order valence-corrected chi connectivity index (χ0v) is 12.7. The summed E-state index contributed by atoms with van der Waals surface area (Å²) in [6.45, 7) is 8.44. The van der Waals surface area contributed by atoms with E-state index in [1.165, 1.54) is 0 Å². The molecule has 1 aromatic carbocycles. The summed E-state index contributed by atoms with van der Waals surface area (Å²) in [7, 11) is 0. The van der Waals surface area contributed by atoms with E-state index in [2.05, 4.69) is 10.3 Å². The zero-order chi connectivity index (χ0) is 15.6. The fourth-order valence-corrected chi connectivity index (χ4v) is 1.93. The first-order chi connectivity index (χ1) is 9.75. The number of rotatable bonds is 4. The minimum Gasteiger partial charge on any atom is -0.478 e. The smallest absolute Gasteiger partial charge is 0.335 e. The molecule has 0 fully saturated rings. The van der Waals surface area contributed by atoms with Crippen LogP contribution in [0, 0.1) is 6.92 Å². The lowest BCUT2D eigenvalue weighted by Crippen LogP contribution is -2.11. The van der Waals surface area contributed by atoms with Crippen molar-refractivity contribution in [3.8, 4) is 0 Å². The van der Waals surface area contributed by atoms with Gasteiger partial charge in [0.15, 0.2) is 5.89 Å². The van der Waals surface area contributed by atoms with Crippen LogP contribution in [0.2, 0.25) is 0 Å². The molecule has 1 aromatic heterocycles. The fraction of sp³-hybridized carbons (Fsp3) is 0.375. The number of carbonyl (C=O) groups is 1. The molecule has 0 bridgehead atoms. The van der Waals surface area contributed by atoms with Gasteiger partial charge in [-0.05, 0) is 30.7 Å². The van der Waals surface area contributed by atoms with Crippen molar-refractivity contribution in [3.63, 3.8) is 0 Å². The van der Waals surface area contributed by atoms with Crippen LogP contribution in [0.3, 0.4) is 0 Å². The van der Waals surface area contributed by atoms with Crippen LogP contribution in [0.5, 0.6) is 0 Å². The SMILES string of the molecule is Cc1cc(NCc2cnc(C(C)(C)C)o2)cc(C(=O)O)c1. The summed E-state index contributed by atoms with van der Waals surface area (Å²) in [5, 5.41) is 12.2. The predicted octanol–water partition coefficient (Wildman–Crippen LogP) is 3.59. The van der Waals surface area contributed by atoms with Crippen LogP contribution < -0.4 is 5.32 Å². The second-order valence-electron chi connectivity index (χ2n) is 6.13. The third-order valence-corrected chi connectivity index (χ3v) is 2.99. The van der Waals surface area contributed by atoms with Crippen LogP contribution in [0.15, 0.2) is 28.8 Å². The van der Waals surface area contributed by atoms with Crippen molar-refractivity contribution in [1.82, 2.24) is 4.98 Å². The molecule has 0 spiro atoms. The molecule has 0 saturated carbocycles. The zero-order valence-electron chi connectivity index (χ0n) is 12.7. The third-order valence-electron chi connectivity index (χ3n) is 2.99. The van der Waals surface area contributed by atoms with Gasteiger partial charge in [-0.2, -0.15) is 0 Å². The summed E-state index contributed by atoms with van der Waals surface area (Å²) in [6, 6.07) is 5.14. The Morgan fingerprint density at radius 2 is 2.05 bits per heavy atom. The maximum Gasteiger partial charge on any atom is 0.335 e. The molecule has 0 unspecified atom stereocenters. The highest BCUT2D eigenvalue weighted by Crippen LogP contribution is 2.22. The number of nitrogens with one attached hydrogen (secondary N) is 1. The minimum absolute atomic E-state index is 0.127. The Morgan fingerprint density at radius 3 is 2.62 bits per heavy atom. The van der Waals surface area contributed by atoms with Crippen molar-refractivity contribution in [2.24, 2.45) is 0 Å². The highest BCUT2D eigenvalue weighted by atomic mass is 16.4. The molecule has 2 aromatic rings. The predicted molar refractivity (Wildman–Crippen MR) is 80.7 cm³/mol. The lowest BCUT2D eigenvalue weighted by Gasteiger charge is -2.12. The number of carboxylic acid groups (broad SMARTS) is 1. The van der Waals surface area contributed by atoms with Crippen LogP contribution in [-0.2, 0) is 12.0 Å². The molecule has 0 radical (unpaired) electrons. The minimum atomic E-state index is -0.934. The van der Waals surface area contributed by atoms with Crippen LogP contribution in [0.1, 0.15) is 48.3 Å². The number of aromatic carboxylic acids is 1. The molecule has 2 rings (SSSR count). The Bertz CT molecular complexity index is 654. The molecule has 0 saturated heterocycles. The summed E-state index contributed by atoms with van der Waals surface area (Å²) >= 11 is 0. The van der Waals surface area contributed by atoms with Gasteiger partial charge in [0, 0.05) is 11.1 Å². The van der Waals surface area contributed by atoms with E-state index in [9.17, 15) is 4.79 Å². The monoisotopic (exact) mass is 288 g/mol. The fourth-order valence-electron chi connectivity index (χ4n) is 1.93. The van der Waals surface area contributed by atoms with Crippen molar-refractivity contribution < 1.29 is 14.3 Å². The molecule has 112 valence electrons. The van der Waals surface area contributed by atoms with Crippen molar-refractivity contribution in [2.75, 3.05) is 5.32 Å². The normalized spacial score (nSPS) is 11.4. The van der Waals surface area contributed by atoms with Gasteiger partial charge in [-0.15, -0.1) is 0 Å². The molecule has 21 heavy (non-hydrogen) atoms. The summed E-state index contributed by atoms with van der Waals surface area (Å²) in [5.74, 6) is 0.476. The number of anilines is 1. The largest absolute Gasteiger partial charge is 0.478 e. The van der Waals surface area contributed by atoms with E-state index in [1.807, 2.05) is 33.8 Å².